The third-order valence-electron chi connectivity index (χ3n) is 2.00. The first-order chi connectivity index (χ1) is 6.29. The Morgan fingerprint density at radius 2 is 2.23 bits per heavy atom. The van der Waals surface area contributed by atoms with E-state index < -0.39 is 0 Å². The van der Waals surface area contributed by atoms with Crippen molar-refractivity contribution >= 4 is 5.78 Å². The van der Waals surface area contributed by atoms with E-state index in [0.717, 1.165) is 18.4 Å². The van der Waals surface area contributed by atoms with Gasteiger partial charge in [0.2, 0.25) is 0 Å². The highest BCUT2D eigenvalue weighted by molar-refractivity contribution is 5.95. The average molecular weight is 177 g/mol. The van der Waals surface area contributed by atoms with Crippen molar-refractivity contribution < 1.29 is 4.79 Å². The lowest BCUT2D eigenvalue weighted by Gasteiger charge is -2.04. The fourth-order valence-corrected chi connectivity index (χ4v) is 1.33. The molecule has 0 aliphatic heterocycles. The summed E-state index contributed by atoms with van der Waals surface area (Å²) in [6, 6.07) is 3.87. The number of rotatable bonds is 4. The number of aryl methyl sites for hydroxylation is 1. The summed E-state index contributed by atoms with van der Waals surface area (Å²) in [4.78, 5) is 15.6. The largest absolute Gasteiger partial charge is 0.292 e. The summed E-state index contributed by atoms with van der Waals surface area (Å²) in [6.07, 6.45) is 4.21. The Bertz CT molecular complexity index is 294. The Morgan fingerprint density at radius 3 is 2.85 bits per heavy atom. The summed E-state index contributed by atoms with van der Waals surface area (Å²) in [5.41, 5.74) is 1.74. The highest BCUT2D eigenvalue weighted by Gasteiger charge is 2.08. The summed E-state index contributed by atoms with van der Waals surface area (Å²) in [7, 11) is 0. The fraction of sp³-hybridized carbons (Fsp3) is 0.455. The molecule has 0 bridgehead atoms. The molecule has 1 aromatic heterocycles. The Morgan fingerprint density at radius 1 is 1.46 bits per heavy atom. The van der Waals surface area contributed by atoms with Gasteiger partial charge in [0.25, 0.3) is 0 Å². The van der Waals surface area contributed by atoms with Crippen LogP contribution in [0.15, 0.2) is 18.3 Å². The molecule has 0 radical (unpaired) electrons. The van der Waals surface area contributed by atoms with Crippen molar-refractivity contribution in [3.05, 3.63) is 29.6 Å². The molecule has 0 saturated heterocycles. The van der Waals surface area contributed by atoms with Crippen molar-refractivity contribution in [1.82, 2.24) is 4.98 Å². The van der Waals surface area contributed by atoms with Crippen LogP contribution < -0.4 is 0 Å². The fourth-order valence-electron chi connectivity index (χ4n) is 1.33. The zero-order chi connectivity index (χ0) is 9.68. The minimum Gasteiger partial charge on any atom is -0.292 e. The second-order valence-corrected chi connectivity index (χ2v) is 3.04. The van der Waals surface area contributed by atoms with E-state index in [0.29, 0.717) is 12.1 Å². The minimum atomic E-state index is 0.143. The number of pyridine rings is 1. The number of hydrogen-bond donors (Lipinski definition) is 0. The molecule has 70 valence electrons. The van der Waals surface area contributed by atoms with Gasteiger partial charge >= 0.3 is 0 Å². The maximum Gasteiger partial charge on any atom is 0.181 e. The van der Waals surface area contributed by atoms with Gasteiger partial charge in [-0.3, -0.25) is 9.78 Å². The van der Waals surface area contributed by atoms with Crippen molar-refractivity contribution in [2.45, 2.75) is 33.1 Å². The lowest BCUT2D eigenvalue weighted by Crippen LogP contribution is -2.04. The van der Waals surface area contributed by atoms with E-state index in [1.54, 1.807) is 6.20 Å². The molecule has 0 N–H and O–H groups in total. The number of ketones is 1. The summed E-state index contributed by atoms with van der Waals surface area (Å²) in [5, 5.41) is 0. The molecule has 0 fully saturated rings. The number of nitrogens with zero attached hydrogens (tertiary/aromatic N) is 1. The molecule has 2 heteroatoms. The normalized spacial score (nSPS) is 10.0. The lowest BCUT2D eigenvalue weighted by molar-refractivity contribution is 0.0982. The van der Waals surface area contributed by atoms with Gasteiger partial charge in [-0.15, -0.1) is 0 Å². The van der Waals surface area contributed by atoms with Gasteiger partial charge in [-0.25, -0.2) is 0 Å². The molecule has 0 spiro atoms. The average Bonchev–Trinajstić information content (AvgIpc) is 2.18. The molecule has 0 aromatic carbocycles. The van der Waals surface area contributed by atoms with Gasteiger partial charge in [0.15, 0.2) is 5.78 Å². The van der Waals surface area contributed by atoms with Gasteiger partial charge in [-0.05, 0) is 18.1 Å². The van der Waals surface area contributed by atoms with Gasteiger partial charge in [0, 0.05) is 12.6 Å². The number of aromatic nitrogens is 1. The van der Waals surface area contributed by atoms with Crippen LogP contribution >= 0.6 is 0 Å². The Hall–Kier alpha value is -1.18. The molecule has 0 amide bonds. The molecule has 13 heavy (non-hydrogen) atoms. The first kappa shape index (κ1) is 9.90. The van der Waals surface area contributed by atoms with Crippen LogP contribution in [0.5, 0.6) is 0 Å². The smallest absolute Gasteiger partial charge is 0.181 e. The van der Waals surface area contributed by atoms with Crippen LogP contribution in [0, 0.1) is 0 Å². The third-order valence-corrected chi connectivity index (χ3v) is 2.00. The highest BCUT2D eigenvalue weighted by Crippen LogP contribution is 2.10. The van der Waals surface area contributed by atoms with Crippen molar-refractivity contribution in [3.63, 3.8) is 0 Å². The topological polar surface area (TPSA) is 30.0 Å². The van der Waals surface area contributed by atoms with Crippen molar-refractivity contribution in [3.8, 4) is 0 Å². The summed E-state index contributed by atoms with van der Waals surface area (Å²) < 4.78 is 0. The summed E-state index contributed by atoms with van der Waals surface area (Å²) in [5.74, 6) is 0.143. The van der Waals surface area contributed by atoms with E-state index in [2.05, 4.69) is 11.9 Å². The maximum absolute atomic E-state index is 11.4. The van der Waals surface area contributed by atoms with E-state index in [1.807, 2.05) is 19.1 Å². The zero-order valence-corrected chi connectivity index (χ0v) is 8.21. The molecule has 0 atom stereocenters. The molecule has 1 heterocycles. The van der Waals surface area contributed by atoms with Crippen LogP contribution in [0.3, 0.4) is 0 Å². The molecule has 2 nitrogen and oxygen atoms in total. The van der Waals surface area contributed by atoms with Crippen LogP contribution in [0.2, 0.25) is 0 Å². The molecule has 0 saturated carbocycles. The first-order valence-electron chi connectivity index (χ1n) is 4.76. The van der Waals surface area contributed by atoms with Crippen LogP contribution in [0.4, 0.5) is 0 Å². The molecule has 0 aliphatic carbocycles. The second kappa shape index (κ2) is 4.75. The monoisotopic (exact) mass is 177 g/mol. The predicted molar refractivity (Wildman–Crippen MR) is 52.9 cm³/mol. The summed E-state index contributed by atoms with van der Waals surface area (Å²) in [6.45, 7) is 3.97. The van der Waals surface area contributed by atoms with Crippen LogP contribution in [0.1, 0.15) is 42.7 Å². The molecule has 1 rings (SSSR count). The quantitative estimate of drug-likeness (QED) is 0.662. The van der Waals surface area contributed by atoms with Gasteiger partial charge in [0.1, 0.15) is 5.69 Å². The van der Waals surface area contributed by atoms with E-state index in [4.69, 9.17) is 0 Å². The van der Waals surface area contributed by atoms with Crippen LogP contribution in [0.25, 0.3) is 0 Å². The minimum absolute atomic E-state index is 0.143. The van der Waals surface area contributed by atoms with E-state index >= 15 is 0 Å². The van der Waals surface area contributed by atoms with E-state index in [-0.39, 0.29) is 5.78 Å². The Balaban J connectivity index is 2.97. The second-order valence-electron chi connectivity index (χ2n) is 3.04. The molecular formula is C11H15NO. The standard InChI is InChI=1S/C11H15NO/c1-3-6-9-7-5-8-12-11(9)10(13)4-2/h5,7-8H,3-4,6H2,1-2H3. The van der Waals surface area contributed by atoms with Crippen LogP contribution in [-0.2, 0) is 6.42 Å². The Labute approximate surface area is 79.0 Å². The highest BCUT2D eigenvalue weighted by atomic mass is 16.1. The Kier molecular flexibility index (Phi) is 3.62. The van der Waals surface area contributed by atoms with Gasteiger partial charge in [-0.1, -0.05) is 26.3 Å². The zero-order valence-electron chi connectivity index (χ0n) is 8.21. The first-order valence-corrected chi connectivity index (χ1v) is 4.76. The van der Waals surface area contributed by atoms with E-state index in [9.17, 15) is 4.79 Å². The molecule has 0 aliphatic rings. The number of Topliss-reactive ketones (excluding diaryl/α,β-unsaturated/α-hetero) is 1. The van der Waals surface area contributed by atoms with Crippen molar-refractivity contribution in [2.24, 2.45) is 0 Å². The van der Waals surface area contributed by atoms with Crippen molar-refractivity contribution in [2.75, 3.05) is 0 Å². The van der Waals surface area contributed by atoms with Crippen molar-refractivity contribution in [1.29, 1.82) is 0 Å². The molecule has 0 unspecified atom stereocenters. The maximum atomic E-state index is 11.4. The van der Waals surface area contributed by atoms with Gasteiger partial charge in [-0.2, -0.15) is 0 Å². The van der Waals surface area contributed by atoms with Gasteiger partial charge < -0.3 is 0 Å². The van der Waals surface area contributed by atoms with E-state index in [1.165, 1.54) is 0 Å². The molecular weight excluding hydrogens is 162 g/mol. The summed E-state index contributed by atoms with van der Waals surface area (Å²) >= 11 is 0. The SMILES string of the molecule is CCCc1cccnc1C(=O)CC. The van der Waals surface area contributed by atoms with Gasteiger partial charge in [0.05, 0.1) is 0 Å². The predicted octanol–water partition coefficient (Wildman–Crippen LogP) is 2.63. The van der Waals surface area contributed by atoms with Crippen LogP contribution in [-0.4, -0.2) is 10.8 Å². The molecule has 1 aromatic rings. The number of hydrogen-bond acceptors (Lipinski definition) is 2. The number of carbonyl (C=O) groups is 1. The third kappa shape index (κ3) is 2.38. The number of carbonyl (C=O) groups excluding carboxylic acids is 1. The lowest BCUT2D eigenvalue weighted by atomic mass is 10.0.